The van der Waals surface area contributed by atoms with Crippen LogP contribution in [0.15, 0.2) is 32.9 Å². The van der Waals surface area contributed by atoms with Crippen LogP contribution in [-0.2, 0) is 17.0 Å². The van der Waals surface area contributed by atoms with Gasteiger partial charge in [-0.3, -0.25) is 4.79 Å². The molecular formula is C12H12N2O2S3. The van der Waals surface area contributed by atoms with E-state index in [4.69, 9.17) is 5.11 Å². The molecule has 0 amide bonds. The Morgan fingerprint density at radius 2 is 1.84 bits per heavy atom. The minimum atomic E-state index is -0.805. The Labute approximate surface area is 123 Å². The summed E-state index contributed by atoms with van der Waals surface area (Å²) in [7, 11) is 0. The van der Waals surface area contributed by atoms with Crippen molar-refractivity contribution in [2.75, 3.05) is 6.26 Å². The summed E-state index contributed by atoms with van der Waals surface area (Å²) in [5, 5.41) is 16.8. The maximum absolute atomic E-state index is 10.6. The fourth-order valence-electron chi connectivity index (χ4n) is 1.41. The van der Waals surface area contributed by atoms with Crippen LogP contribution in [0, 0.1) is 0 Å². The molecule has 0 radical (unpaired) electrons. The molecule has 0 unspecified atom stereocenters. The van der Waals surface area contributed by atoms with Crippen LogP contribution in [0.4, 0.5) is 0 Å². The van der Waals surface area contributed by atoms with Crippen molar-refractivity contribution in [1.82, 2.24) is 10.2 Å². The Kier molecular flexibility index (Phi) is 5.24. The minimum Gasteiger partial charge on any atom is -0.481 e. The van der Waals surface area contributed by atoms with Gasteiger partial charge in [0.05, 0.1) is 6.42 Å². The molecule has 0 spiro atoms. The lowest BCUT2D eigenvalue weighted by atomic mass is 10.1. The SMILES string of the molecule is CSc1nnc(SCc2ccc(CC(=O)O)cc2)s1. The molecule has 0 bridgehead atoms. The number of hydrogen-bond acceptors (Lipinski definition) is 6. The lowest BCUT2D eigenvalue weighted by Gasteiger charge is -2.01. The molecule has 2 rings (SSSR count). The second-order valence-electron chi connectivity index (χ2n) is 3.71. The quantitative estimate of drug-likeness (QED) is 0.827. The fourth-order valence-corrected chi connectivity index (χ4v) is 3.80. The van der Waals surface area contributed by atoms with Crippen LogP contribution in [0.1, 0.15) is 11.1 Å². The Balaban J connectivity index is 1.90. The molecule has 2 aromatic rings. The first-order valence-corrected chi connectivity index (χ1v) is 8.50. The van der Waals surface area contributed by atoms with Gasteiger partial charge < -0.3 is 5.11 Å². The number of benzene rings is 1. The molecule has 7 heteroatoms. The highest BCUT2D eigenvalue weighted by Gasteiger charge is 2.05. The number of aliphatic carboxylic acids is 1. The Bertz CT molecular complexity index is 554. The number of rotatable bonds is 6. The normalized spacial score (nSPS) is 10.6. The predicted octanol–water partition coefficient (Wildman–Crippen LogP) is 3.18. The summed E-state index contributed by atoms with van der Waals surface area (Å²) < 4.78 is 1.93. The van der Waals surface area contributed by atoms with Gasteiger partial charge in [-0.05, 0) is 17.4 Å². The van der Waals surface area contributed by atoms with Crippen LogP contribution in [0.25, 0.3) is 0 Å². The van der Waals surface area contributed by atoms with Gasteiger partial charge in [-0.25, -0.2) is 0 Å². The minimum absolute atomic E-state index is 0.0703. The van der Waals surface area contributed by atoms with E-state index in [1.807, 2.05) is 30.5 Å². The first-order valence-electron chi connectivity index (χ1n) is 5.47. The van der Waals surface area contributed by atoms with E-state index in [1.165, 1.54) is 0 Å². The number of carboxylic acid groups (broad SMARTS) is 1. The zero-order chi connectivity index (χ0) is 13.7. The van der Waals surface area contributed by atoms with Gasteiger partial charge in [-0.15, -0.1) is 10.2 Å². The van der Waals surface area contributed by atoms with Gasteiger partial charge in [-0.1, -0.05) is 59.1 Å². The summed E-state index contributed by atoms with van der Waals surface area (Å²) >= 11 is 4.83. The molecular weight excluding hydrogens is 300 g/mol. The van der Waals surface area contributed by atoms with Crippen LogP contribution in [0.5, 0.6) is 0 Å². The number of carbonyl (C=O) groups is 1. The summed E-state index contributed by atoms with van der Waals surface area (Å²) in [5.41, 5.74) is 1.97. The van der Waals surface area contributed by atoms with E-state index < -0.39 is 5.97 Å². The second kappa shape index (κ2) is 6.93. The first kappa shape index (κ1) is 14.4. The smallest absolute Gasteiger partial charge is 0.307 e. The second-order valence-corrected chi connectivity index (χ2v) is 6.97. The van der Waals surface area contributed by atoms with Crippen molar-refractivity contribution < 1.29 is 9.90 Å². The predicted molar refractivity (Wildman–Crippen MR) is 79.0 cm³/mol. The van der Waals surface area contributed by atoms with E-state index >= 15 is 0 Å². The van der Waals surface area contributed by atoms with E-state index in [0.717, 1.165) is 25.6 Å². The maximum Gasteiger partial charge on any atom is 0.307 e. The maximum atomic E-state index is 10.6. The van der Waals surface area contributed by atoms with Crippen LogP contribution in [0.3, 0.4) is 0 Å². The number of thioether (sulfide) groups is 2. The largest absolute Gasteiger partial charge is 0.481 e. The van der Waals surface area contributed by atoms with Gasteiger partial charge in [0, 0.05) is 5.75 Å². The summed E-state index contributed by atoms with van der Waals surface area (Å²) in [6, 6.07) is 7.64. The molecule has 0 aliphatic heterocycles. The van der Waals surface area contributed by atoms with Crippen LogP contribution in [-0.4, -0.2) is 27.5 Å². The summed E-state index contributed by atoms with van der Waals surface area (Å²) in [5.74, 6) is 0.0108. The molecule has 19 heavy (non-hydrogen) atoms. The zero-order valence-electron chi connectivity index (χ0n) is 10.2. The lowest BCUT2D eigenvalue weighted by Crippen LogP contribution is -1.99. The first-order chi connectivity index (χ1) is 9.17. The molecule has 0 aliphatic carbocycles. The van der Waals surface area contributed by atoms with E-state index in [1.54, 1.807) is 34.9 Å². The van der Waals surface area contributed by atoms with Crippen molar-refractivity contribution in [2.24, 2.45) is 0 Å². The number of aromatic nitrogens is 2. The van der Waals surface area contributed by atoms with E-state index in [0.29, 0.717) is 0 Å². The summed E-state index contributed by atoms with van der Waals surface area (Å²) in [6.45, 7) is 0. The Morgan fingerprint density at radius 1 is 1.21 bits per heavy atom. The Hall–Kier alpha value is -1.05. The average molecular weight is 312 g/mol. The average Bonchev–Trinajstić information content (AvgIpc) is 2.85. The van der Waals surface area contributed by atoms with Gasteiger partial charge in [0.1, 0.15) is 0 Å². The van der Waals surface area contributed by atoms with Crippen molar-refractivity contribution in [3.63, 3.8) is 0 Å². The molecule has 0 atom stereocenters. The lowest BCUT2D eigenvalue weighted by molar-refractivity contribution is -0.136. The molecule has 1 aromatic carbocycles. The monoisotopic (exact) mass is 312 g/mol. The molecule has 1 aromatic heterocycles. The molecule has 0 saturated carbocycles. The van der Waals surface area contributed by atoms with E-state index in [9.17, 15) is 4.79 Å². The van der Waals surface area contributed by atoms with E-state index in [-0.39, 0.29) is 6.42 Å². The van der Waals surface area contributed by atoms with Gasteiger partial charge in [0.15, 0.2) is 8.68 Å². The summed E-state index contributed by atoms with van der Waals surface area (Å²) in [6.07, 6.45) is 2.05. The highest BCUT2D eigenvalue weighted by Crippen LogP contribution is 2.29. The van der Waals surface area contributed by atoms with Gasteiger partial charge >= 0.3 is 5.97 Å². The molecule has 0 aliphatic rings. The highest BCUT2D eigenvalue weighted by atomic mass is 32.2. The summed E-state index contributed by atoms with van der Waals surface area (Å²) in [4.78, 5) is 10.6. The third kappa shape index (κ3) is 4.52. The van der Waals surface area contributed by atoms with Gasteiger partial charge in [0.25, 0.3) is 0 Å². The highest BCUT2D eigenvalue weighted by molar-refractivity contribution is 8.02. The van der Waals surface area contributed by atoms with Crippen molar-refractivity contribution in [3.8, 4) is 0 Å². The zero-order valence-corrected chi connectivity index (χ0v) is 12.6. The molecule has 100 valence electrons. The molecule has 1 N–H and O–H groups in total. The van der Waals surface area contributed by atoms with Crippen LogP contribution in [0.2, 0.25) is 0 Å². The third-order valence-corrected chi connectivity index (χ3v) is 5.41. The van der Waals surface area contributed by atoms with Gasteiger partial charge in [-0.2, -0.15) is 0 Å². The van der Waals surface area contributed by atoms with E-state index in [2.05, 4.69) is 10.2 Å². The number of carboxylic acids is 1. The standard InChI is InChI=1S/C12H12N2O2S3/c1-17-11-13-14-12(19-11)18-7-9-4-2-8(3-5-9)6-10(15)16/h2-5H,6-7H2,1H3,(H,15,16). The van der Waals surface area contributed by atoms with Crippen molar-refractivity contribution in [2.45, 2.75) is 20.9 Å². The third-order valence-electron chi connectivity index (χ3n) is 2.30. The van der Waals surface area contributed by atoms with Crippen LogP contribution >= 0.6 is 34.9 Å². The molecule has 0 fully saturated rings. The molecule has 1 heterocycles. The molecule has 4 nitrogen and oxygen atoms in total. The number of hydrogen-bond donors (Lipinski definition) is 1. The number of nitrogens with zero attached hydrogens (tertiary/aromatic N) is 2. The molecule has 0 saturated heterocycles. The Morgan fingerprint density at radius 3 is 2.42 bits per heavy atom. The van der Waals surface area contributed by atoms with Crippen molar-refractivity contribution >= 4 is 40.8 Å². The fraction of sp³-hybridized carbons (Fsp3) is 0.250. The van der Waals surface area contributed by atoms with Crippen LogP contribution < -0.4 is 0 Å². The van der Waals surface area contributed by atoms with Crippen molar-refractivity contribution in [1.29, 1.82) is 0 Å². The topological polar surface area (TPSA) is 63.1 Å². The van der Waals surface area contributed by atoms with Gasteiger partial charge in [0.2, 0.25) is 0 Å². The van der Waals surface area contributed by atoms with Crippen molar-refractivity contribution in [3.05, 3.63) is 35.4 Å².